The Hall–Kier alpha value is -1.32. The Labute approximate surface area is 89.4 Å². The van der Waals surface area contributed by atoms with E-state index >= 15 is 0 Å². The van der Waals surface area contributed by atoms with Gasteiger partial charge in [-0.15, -0.1) is 6.58 Å². The number of allylic oxidation sites excluding steroid dienone is 1. The molecule has 1 rings (SSSR count). The van der Waals surface area contributed by atoms with Crippen LogP contribution in [0.4, 0.5) is 4.79 Å². The minimum absolute atomic E-state index is 0.0352. The van der Waals surface area contributed by atoms with Gasteiger partial charge in [-0.3, -0.25) is 4.79 Å². The van der Waals surface area contributed by atoms with E-state index in [1.54, 1.807) is 0 Å². The van der Waals surface area contributed by atoms with Crippen molar-refractivity contribution < 1.29 is 14.7 Å². The predicted octanol–water partition coefficient (Wildman–Crippen LogP) is 1.82. The van der Waals surface area contributed by atoms with E-state index in [2.05, 4.69) is 11.9 Å². The van der Waals surface area contributed by atoms with Crippen molar-refractivity contribution in [2.24, 2.45) is 11.8 Å². The Morgan fingerprint density at radius 1 is 1.60 bits per heavy atom. The van der Waals surface area contributed by atoms with Crippen LogP contribution in [0.25, 0.3) is 0 Å². The summed E-state index contributed by atoms with van der Waals surface area (Å²) in [6.07, 6.45) is 3.85. The monoisotopic (exact) mass is 211 g/mol. The molecule has 0 radical (unpaired) electrons. The van der Waals surface area contributed by atoms with Crippen molar-refractivity contribution in [1.29, 1.82) is 0 Å². The van der Waals surface area contributed by atoms with Crippen LogP contribution >= 0.6 is 0 Å². The minimum atomic E-state index is -1.03. The van der Waals surface area contributed by atoms with Gasteiger partial charge < -0.3 is 10.4 Å². The first-order chi connectivity index (χ1) is 7.13. The molecule has 0 aromatic heterocycles. The van der Waals surface area contributed by atoms with Crippen molar-refractivity contribution in [3.05, 3.63) is 12.7 Å². The van der Waals surface area contributed by atoms with Gasteiger partial charge in [-0.1, -0.05) is 6.08 Å². The van der Waals surface area contributed by atoms with Crippen LogP contribution in [0.3, 0.4) is 0 Å². The summed E-state index contributed by atoms with van der Waals surface area (Å²) in [6.45, 7) is 4.05. The van der Waals surface area contributed by atoms with Crippen LogP contribution in [0.1, 0.15) is 25.7 Å². The highest BCUT2D eigenvalue weighted by Gasteiger charge is 2.26. The van der Waals surface area contributed by atoms with Crippen molar-refractivity contribution in [2.45, 2.75) is 25.7 Å². The van der Waals surface area contributed by atoms with E-state index in [0.29, 0.717) is 25.3 Å². The van der Waals surface area contributed by atoms with E-state index in [-0.39, 0.29) is 11.7 Å². The second-order valence-corrected chi connectivity index (χ2v) is 3.96. The molecule has 1 aliphatic carbocycles. The van der Waals surface area contributed by atoms with E-state index in [0.717, 1.165) is 12.8 Å². The van der Waals surface area contributed by atoms with Crippen LogP contribution in [0.2, 0.25) is 0 Å². The van der Waals surface area contributed by atoms with Gasteiger partial charge in [-0.05, 0) is 25.2 Å². The summed E-state index contributed by atoms with van der Waals surface area (Å²) in [5, 5.41) is 10.7. The highest BCUT2D eigenvalue weighted by Crippen LogP contribution is 2.28. The summed E-state index contributed by atoms with van der Waals surface area (Å²) >= 11 is 0. The first-order valence-electron chi connectivity index (χ1n) is 5.25. The number of ketones is 1. The zero-order valence-electron chi connectivity index (χ0n) is 8.74. The Morgan fingerprint density at radius 3 is 2.87 bits per heavy atom. The molecule has 84 valence electrons. The summed E-state index contributed by atoms with van der Waals surface area (Å²) in [4.78, 5) is 21.8. The number of nitrogens with one attached hydrogen (secondary N) is 1. The van der Waals surface area contributed by atoms with Gasteiger partial charge in [0, 0.05) is 18.9 Å². The molecule has 0 saturated heterocycles. The van der Waals surface area contributed by atoms with E-state index in [1.807, 2.05) is 6.08 Å². The third kappa shape index (κ3) is 3.73. The van der Waals surface area contributed by atoms with Crippen LogP contribution in [0.5, 0.6) is 0 Å². The molecule has 0 aromatic carbocycles. The molecule has 4 nitrogen and oxygen atoms in total. The van der Waals surface area contributed by atoms with E-state index < -0.39 is 6.09 Å². The smallest absolute Gasteiger partial charge is 0.404 e. The predicted molar refractivity (Wildman–Crippen MR) is 56.7 cm³/mol. The normalized spacial score (nSPS) is 26.0. The molecule has 1 unspecified atom stereocenters. The molecule has 2 N–H and O–H groups in total. The largest absolute Gasteiger partial charge is 0.465 e. The van der Waals surface area contributed by atoms with Gasteiger partial charge >= 0.3 is 6.09 Å². The Bertz CT molecular complexity index is 263. The Morgan fingerprint density at radius 2 is 2.33 bits per heavy atom. The van der Waals surface area contributed by atoms with E-state index in [1.165, 1.54) is 0 Å². The second-order valence-electron chi connectivity index (χ2n) is 3.96. The molecule has 1 amide bonds. The van der Waals surface area contributed by atoms with Gasteiger partial charge in [0.25, 0.3) is 0 Å². The van der Waals surface area contributed by atoms with Gasteiger partial charge in [0.05, 0.1) is 0 Å². The topological polar surface area (TPSA) is 66.4 Å². The lowest BCUT2D eigenvalue weighted by molar-refractivity contribution is -0.125. The fourth-order valence-electron chi connectivity index (χ4n) is 1.96. The summed E-state index contributed by atoms with van der Waals surface area (Å²) in [6, 6.07) is 0. The number of amides is 1. The third-order valence-electron chi connectivity index (χ3n) is 2.91. The maximum absolute atomic E-state index is 11.6. The molecule has 15 heavy (non-hydrogen) atoms. The van der Waals surface area contributed by atoms with Gasteiger partial charge in [-0.25, -0.2) is 4.79 Å². The molecule has 0 aliphatic heterocycles. The summed E-state index contributed by atoms with van der Waals surface area (Å²) in [5.74, 6) is 0.604. The van der Waals surface area contributed by atoms with Gasteiger partial charge in [0.1, 0.15) is 5.78 Å². The van der Waals surface area contributed by atoms with Crippen LogP contribution in [-0.2, 0) is 4.79 Å². The SMILES string of the molecule is C=C[C@@H]1CCC(CCNC(=O)O)C(=O)C1. The van der Waals surface area contributed by atoms with Crippen molar-refractivity contribution >= 4 is 11.9 Å². The lowest BCUT2D eigenvalue weighted by Gasteiger charge is -2.25. The molecule has 0 heterocycles. The molecule has 4 heteroatoms. The molecular weight excluding hydrogens is 194 g/mol. The van der Waals surface area contributed by atoms with Crippen LogP contribution in [0.15, 0.2) is 12.7 Å². The van der Waals surface area contributed by atoms with Crippen LogP contribution in [0, 0.1) is 11.8 Å². The summed E-state index contributed by atoms with van der Waals surface area (Å²) in [7, 11) is 0. The zero-order valence-corrected chi connectivity index (χ0v) is 8.74. The number of hydrogen-bond donors (Lipinski definition) is 2. The van der Waals surface area contributed by atoms with Gasteiger partial charge in [-0.2, -0.15) is 0 Å². The fourth-order valence-corrected chi connectivity index (χ4v) is 1.96. The van der Waals surface area contributed by atoms with Gasteiger partial charge in [0.15, 0.2) is 0 Å². The van der Waals surface area contributed by atoms with Crippen LogP contribution < -0.4 is 5.32 Å². The average molecular weight is 211 g/mol. The number of carbonyl (C=O) groups excluding carboxylic acids is 1. The van der Waals surface area contributed by atoms with Crippen molar-refractivity contribution in [2.75, 3.05) is 6.54 Å². The third-order valence-corrected chi connectivity index (χ3v) is 2.91. The van der Waals surface area contributed by atoms with Crippen molar-refractivity contribution in [1.82, 2.24) is 5.32 Å². The number of carbonyl (C=O) groups is 2. The first kappa shape index (κ1) is 11.8. The maximum atomic E-state index is 11.6. The lowest BCUT2D eigenvalue weighted by atomic mass is 9.79. The van der Waals surface area contributed by atoms with Crippen molar-refractivity contribution in [3.8, 4) is 0 Å². The van der Waals surface area contributed by atoms with E-state index in [9.17, 15) is 9.59 Å². The van der Waals surface area contributed by atoms with Crippen LogP contribution in [-0.4, -0.2) is 23.5 Å². The number of Topliss-reactive ketones (excluding diaryl/α,β-unsaturated/α-hetero) is 1. The number of hydrogen-bond acceptors (Lipinski definition) is 2. The standard InChI is InChI=1S/C11H17NO3/c1-2-8-3-4-9(10(13)7-8)5-6-12-11(14)15/h2,8-9,12H,1,3-7H2,(H,14,15)/t8-,9?/m1/s1. The Kier molecular flexibility index (Phi) is 4.34. The minimum Gasteiger partial charge on any atom is -0.465 e. The molecule has 1 fully saturated rings. The highest BCUT2D eigenvalue weighted by atomic mass is 16.4. The molecule has 2 atom stereocenters. The first-order valence-corrected chi connectivity index (χ1v) is 5.25. The molecule has 1 aliphatic rings. The summed E-state index contributed by atoms with van der Waals surface area (Å²) < 4.78 is 0. The average Bonchev–Trinajstić information content (AvgIpc) is 2.20. The highest BCUT2D eigenvalue weighted by molar-refractivity contribution is 5.82. The Balaban J connectivity index is 2.28. The fraction of sp³-hybridized carbons (Fsp3) is 0.636. The molecule has 0 spiro atoms. The lowest BCUT2D eigenvalue weighted by Crippen LogP contribution is -2.29. The van der Waals surface area contributed by atoms with E-state index in [4.69, 9.17) is 5.11 Å². The number of rotatable bonds is 4. The van der Waals surface area contributed by atoms with Gasteiger partial charge in [0.2, 0.25) is 0 Å². The number of carboxylic acid groups (broad SMARTS) is 1. The molecular formula is C11H17NO3. The summed E-state index contributed by atoms with van der Waals surface area (Å²) in [5.41, 5.74) is 0. The molecule has 1 saturated carbocycles. The van der Waals surface area contributed by atoms with Crippen molar-refractivity contribution in [3.63, 3.8) is 0 Å². The molecule has 0 bridgehead atoms. The second kappa shape index (κ2) is 5.53. The quantitative estimate of drug-likeness (QED) is 0.697. The molecule has 0 aromatic rings. The zero-order chi connectivity index (χ0) is 11.3. The maximum Gasteiger partial charge on any atom is 0.404 e.